The molecule has 10 rings (SSSR count). The zero-order valence-electron chi connectivity index (χ0n) is 37.1. The minimum atomic E-state index is -1.45. The third kappa shape index (κ3) is 8.78. The van der Waals surface area contributed by atoms with Crippen LogP contribution in [0.4, 0.5) is 4.39 Å². The van der Waals surface area contributed by atoms with Gasteiger partial charge in [-0.25, -0.2) is 0 Å². The summed E-state index contributed by atoms with van der Waals surface area (Å²) in [5.41, 5.74) is 13.8. The Morgan fingerprint density at radius 2 is 1.30 bits per heavy atom. The molecule has 0 aliphatic heterocycles. The Bertz CT molecular complexity index is 3200. The summed E-state index contributed by atoms with van der Waals surface area (Å²) in [6, 6.07) is 57.6. The van der Waals surface area contributed by atoms with Crippen LogP contribution in [0.3, 0.4) is 0 Å². The molecule has 0 atom stereocenters. The van der Waals surface area contributed by atoms with E-state index in [2.05, 4.69) is 189 Å². The van der Waals surface area contributed by atoms with Crippen LogP contribution in [0.2, 0.25) is 19.6 Å². The van der Waals surface area contributed by atoms with Crippen molar-refractivity contribution in [2.75, 3.05) is 0 Å². The van der Waals surface area contributed by atoms with Crippen molar-refractivity contribution in [3.05, 3.63) is 187 Å². The largest absolute Gasteiger partial charge is 0.501 e. The first-order valence-electron chi connectivity index (χ1n) is 21.6. The molecule has 0 saturated carbocycles. The zero-order valence-corrected chi connectivity index (χ0v) is 40.5. The Balaban J connectivity index is 0.000000262. The molecule has 0 unspecified atom stereocenters. The van der Waals surface area contributed by atoms with Crippen LogP contribution in [0.1, 0.15) is 50.7 Å². The van der Waals surface area contributed by atoms with Gasteiger partial charge in [0.15, 0.2) is 0 Å². The number of halogens is 1. The van der Waals surface area contributed by atoms with Crippen molar-refractivity contribution in [3.63, 3.8) is 0 Å². The molecular weight excluding hydrogens is 984 g/mol. The second-order valence-corrected chi connectivity index (χ2v) is 22.7. The molecule has 0 amide bonds. The van der Waals surface area contributed by atoms with E-state index in [1.54, 1.807) is 12.3 Å². The zero-order chi connectivity index (χ0) is 43.8. The first-order valence-corrected chi connectivity index (χ1v) is 25.1. The maximum absolute atomic E-state index is 12.8. The second-order valence-electron chi connectivity index (χ2n) is 17.6. The van der Waals surface area contributed by atoms with Crippen LogP contribution in [0.5, 0.6) is 0 Å². The van der Waals surface area contributed by atoms with Gasteiger partial charge in [0.1, 0.15) is 13.7 Å². The Morgan fingerprint density at radius 1 is 0.641 bits per heavy atom. The topological polar surface area (TPSA) is 56.7 Å². The van der Waals surface area contributed by atoms with Crippen molar-refractivity contribution in [2.24, 2.45) is 0 Å². The third-order valence-electron chi connectivity index (χ3n) is 11.5. The molecular formula is C56H49FIrN4OSi-2. The Kier molecular flexibility index (Phi) is 12.8. The van der Waals surface area contributed by atoms with Gasteiger partial charge >= 0.3 is 0 Å². The quantitative estimate of drug-likeness (QED) is 0.112. The predicted molar refractivity (Wildman–Crippen MR) is 261 cm³/mol. The van der Waals surface area contributed by atoms with Gasteiger partial charge in [0.2, 0.25) is 0 Å². The standard InChI is InChI=1S/C43H35N2O.C13H14FN2Si.Ir/c1-27(2)36-24-32(30-16-9-6-10-17-30)25-37(28(3)4)41(36)45-39-21-12-11-20-38(39)44-43(45)35-19-13-18-34-33-23-22-31(26-40(33)46-42(34)35)29-14-7-5-8-15-29;1-17(2,3)12-8-9-15-13(16-12)10-4-6-11(14)7-5-10;/h5-18,20-28H,1-4H3;4,6-9H,1-3H3;/q2*-1;. The van der Waals surface area contributed by atoms with Crippen LogP contribution in [0, 0.1) is 17.9 Å². The number of hydrogen-bond acceptors (Lipinski definition) is 4. The number of para-hydroxylation sites is 2. The van der Waals surface area contributed by atoms with E-state index < -0.39 is 8.07 Å². The van der Waals surface area contributed by atoms with Gasteiger partial charge in [0.25, 0.3) is 0 Å². The first kappa shape index (κ1) is 44.3. The molecule has 64 heavy (non-hydrogen) atoms. The van der Waals surface area contributed by atoms with Crippen molar-refractivity contribution >= 4 is 46.4 Å². The molecule has 0 bridgehead atoms. The second kappa shape index (κ2) is 18.4. The maximum atomic E-state index is 12.8. The fourth-order valence-electron chi connectivity index (χ4n) is 8.20. The van der Waals surface area contributed by atoms with Gasteiger partial charge in [0, 0.05) is 48.5 Å². The van der Waals surface area contributed by atoms with Crippen molar-refractivity contribution in [1.29, 1.82) is 0 Å². The number of imidazole rings is 1. The number of fused-ring (bicyclic) bond motifs is 4. The minimum Gasteiger partial charge on any atom is -0.501 e. The molecule has 3 aromatic heterocycles. The van der Waals surface area contributed by atoms with E-state index in [-0.39, 0.29) is 37.8 Å². The van der Waals surface area contributed by atoms with Crippen LogP contribution in [0.25, 0.3) is 83.7 Å². The van der Waals surface area contributed by atoms with Gasteiger partial charge in [-0.05, 0) is 81.6 Å². The summed E-state index contributed by atoms with van der Waals surface area (Å²) in [6.45, 7) is 15.8. The molecule has 0 fully saturated rings. The average molecular weight is 1030 g/mol. The van der Waals surface area contributed by atoms with Gasteiger partial charge in [-0.1, -0.05) is 143 Å². The van der Waals surface area contributed by atoms with E-state index >= 15 is 0 Å². The van der Waals surface area contributed by atoms with Gasteiger partial charge in [0.05, 0.1) is 28.3 Å². The number of furan rings is 1. The fourth-order valence-corrected chi connectivity index (χ4v) is 9.22. The summed E-state index contributed by atoms with van der Waals surface area (Å²) in [5.74, 6) is 1.73. The normalized spacial score (nSPS) is 11.6. The summed E-state index contributed by atoms with van der Waals surface area (Å²) in [7, 11) is -1.45. The van der Waals surface area contributed by atoms with Crippen molar-refractivity contribution in [1.82, 2.24) is 19.5 Å². The number of rotatable bonds is 8. The maximum Gasteiger partial charge on any atom is 0.121 e. The molecule has 0 saturated heterocycles. The SMILES string of the molecule is CC(C)c1cc(-c2ccccc2)cc(C(C)C)c1-n1c(-c2[c-]ccc3c2oc2cc(-c4ccccc4)ccc23)nc2ccccc21.C[Si](C)(C)c1ccnc(-c2[c-]cc(F)cc2)n1.[Ir]. The Hall–Kier alpha value is -6.31. The molecule has 321 valence electrons. The molecule has 8 heteroatoms. The van der Waals surface area contributed by atoms with Gasteiger partial charge in [-0.3, -0.25) is 19.3 Å². The number of nitrogens with zero attached hydrogens (tertiary/aromatic N) is 4. The van der Waals surface area contributed by atoms with E-state index in [4.69, 9.17) is 9.40 Å². The smallest absolute Gasteiger partial charge is 0.121 e. The van der Waals surface area contributed by atoms with E-state index in [0.717, 1.165) is 60.8 Å². The Labute approximate surface area is 389 Å². The molecule has 0 N–H and O–H groups in total. The third-order valence-corrected chi connectivity index (χ3v) is 13.3. The molecule has 7 aromatic carbocycles. The van der Waals surface area contributed by atoms with E-state index in [9.17, 15) is 4.39 Å². The number of hydrogen-bond donors (Lipinski definition) is 0. The van der Waals surface area contributed by atoms with E-state index in [1.165, 1.54) is 45.6 Å². The molecule has 3 heterocycles. The molecule has 1 radical (unpaired) electrons. The number of benzene rings is 7. The summed E-state index contributed by atoms with van der Waals surface area (Å²) in [4.78, 5) is 14.0. The van der Waals surface area contributed by atoms with E-state index in [0.29, 0.717) is 5.82 Å². The van der Waals surface area contributed by atoms with Crippen LogP contribution in [-0.4, -0.2) is 27.6 Å². The minimum absolute atomic E-state index is 0. The molecule has 10 aromatic rings. The summed E-state index contributed by atoms with van der Waals surface area (Å²) in [6.07, 6.45) is 1.76. The van der Waals surface area contributed by atoms with Crippen LogP contribution in [-0.2, 0) is 20.1 Å². The molecule has 5 nitrogen and oxygen atoms in total. The summed E-state index contributed by atoms with van der Waals surface area (Å²) in [5, 5.41) is 3.25. The number of aromatic nitrogens is 4. The fraction of sp³-hybridized carbons (Fsp3) is 0.161. The molecule has 0 spiro atoms. The van der Waals surface area contributed by atoms with Gasteiger partial charge < -0.3 is 8.98 Å². The van der Waals surface area contributed by atoms with Gasteiger partial charge in [-0.15, -0.1) is 48.0 Å². The predicted octanol–water partition coefficient (Wildman–Crippen LogP) is 14.6. The summed E-state index contributed by atoms with van der Waals surface area (Å²) >= 11 is 0. The summed E-state index contributed by atoms with van der Waals surface area (Å²) < 4.78 is 21.9. The van der Waals surface area contributed by atoms with Crippen molar-refractivity contribution in [2.45, 2.75) is 59.2 Å². The Morgan fingerprint density at radius 3 is 1.94 bits per heavy atom. The van der Waals surface area contributed by atoms with Crippen molar-refractivity contribution < 1.29 is 28.9 Å². The van der Waals surface area contributed by atoms with E-state index in [1.807, 2.05) is 18.2 Å². The van der Waals surface area contributed by atoms with Gasteiger partial charge in [-0.2, -0.15) is 0 Å². The van der Waals surface area contributed by atoms with Crippen LogP contribution >= 0.6 is 0 Å². The van der Waals surface area contributed by atoms with Crippen LogP contribution in [0.15, 0.2) is 162 Å². The average Bonchev–Trinajstić information content (AvgIpc) is 3.88. The molecule has 0 aliphatic carbocycles. The first-order chi connectivity index (χ1) is 30.4. The molecule has 0 aliphatic rings. The van der Waals surface area contributed by atoms with Crippen molar-refractivity contribution in [3.8, 4) is 50.7 Å². The van der Waals surface area contributed by atoms with Crippen LogP contribution < -0.4 is 5.32 Å². The monoisotopic (exact) mass is 1030 g/mol.